The molecule has 1 amide bonds. The van der Waals surface area contributed by atoms with Gasteiger partial charge >= 0.3 is 6.18 Å². The van der Waals surface area contributed by atoms with Crippen LogP contribution >= 0.6 is 0 Å². The van der Waals surface area contributed by atoms with E-state index in [-0.39, 0.29) is 37.0 Å². The van der Waals surface area contributed by atoms with E-state index in [0.29, 0.717) is 0 Å². The van der Waals surface area contributed by atoms with Gasteiger partial charge in [-0.1, -0.05) is 13.8 Å². The van der Waals surface area contributed by atoms with Gasteiger partial charge in [-0.25, -0.2) is 0 Å². The number of likely N-dealkylation sites (tertiary alicyclic amines) is 1. The van der Waals surface area contributed by atoms with E-state index in [2.05, 4.69) is 0 Å². The predicted octanol–water partition coefficient (Wildman–Crippen LogP) is 2.01. The first-order valence-electron chi connectivity index (χ1n) is 5.56. The Balaban J connectivity index is 2.50. The summed E-state index contributed by atoms with van der Waals surface area (Å²) in [6.07, 6.45) is -4.13. The van der Waals surface area contributed by atoms with Crippen molar-refractivity contribution in [2.24, 2.45) is 11.8 Å². The zero-order chi connectivity index (χ0) is 13.2. The maximum atomic E-state index is 12.1. The summed E-state index contributed by atoms with van der Waals surface area (Å²) in [5, 5.41) is 0. The Bertz CT molecular complexity index is 312. The van der Waals surface area contributed by atoms with Crippen molar-refractivity contribution in [2.75, 3.05) is 13.1 Å². The van der Waals surface area contributed by atoms with Gasteiger partial charge in [0.25, 0.3) is 0 Å². The zero-order valence-corrected chi connectivity index (χ0v) is 9.88. The molecule has 0 aromatic rings. The monoisotopic (exact) mass is 251 g/mol. The molecule has 0 aromatic carbocycles. The summed E-state index contributed by atoms with van der Waals surface area (Å²) >= 11 is 0. The highest BCUT2D eigenvalue weighted by molar-refractivity contribution is 5.83. The molecule has 1 aliphatic rings. The summed E-state index contributed by atoms with van der Waals surface area (Å²) < 4.78 is 36.4. The highest BCUT2D eigenvalue weighted by Crippen LogP contribution is 2.26. The molecule has 17 heavy (non-hydrogen) atoms. The Kier molecular flexibility index (Phi) is 4.16. The molecule has 0 radical (unpaired) electrons. The number of carbonyl (C=O) groups excluding carboxylic acids is 2. The summed E-state index contributed by atoms with van der Waals surface area (Å²) in [7, 11) is 0. The van der Waals surface area contributed by atoms with Crippen molar-refractivity contribution in [3.05, 3.63) is 0 Å². The van der Waals surface area contributed by atoms with Crippen LogP contribution in [0, 0.1) is 11.8 Å². The Hall–Kier alpha value is -1.07. The normalized spacial score (nSPS) is 21.4. The van der Waals surface area contributed by atoms with E-state index >= 15 is 0 Å². The third-order valence-electron chi connectivity index (χ3n) is 2.80. The van der Waals surface area contributed by atoms with Crippen LogP contribution in [0.1, 0.15) is 26.7 Å². The van der Waals surface area contributed by atoms with E-state index in [9.17, 15) is 22.8 Å². The number of Topliss-reactive ketones (excluding diaryl/α,β-unsaturated/α-hetero) is 1. The number of ketones is 1. The number of halogens is 3. The van der Waals surface area contributed by atoms with Gasteiger partial charge in [-0.2, -0.15) is 13.2 Å². The number of carbonyl (C=O) groups is 2. The van der Waals surface area contributed by atoms with Gasteiger partial charge in [0.1, 0.15) is 12.3 Å². The lowest BCUT2D eigenvalue weighted by molar-refractivity contribution is -0.157. The molecule has 1 atom stereocenters. The van der Waals surface area contributed by atoms with Crippen LogP contribution in [-0.4, -0.2) is 35.9 Å². The third kappa shape index (κ3) is 4.36. The van der Waals surface area contributed by atoms with Gasteiger partial charge in [0.05, 0.1) is 0 Å². The molecule has 0 N–H and O–H groups in total. The molecule has 0 unspecified atom stereocenters. The van der Waals surface area contributed by atoms with E-state index in [1.54, 1.807) is 13.8 Å². The number of alkyl halides is 3. The SMILES string of the molecule is CC(C)C(=O)C[C@H]1CC(=O)N(CC(F)(F)F)C1. The van der Waals surface area contributed by atoms with Gasteiger partial charge < -0.3 is 4.90 Å². The van der Waals surface area contributed by atoms with E-state index in [1.165, 1.54) is 0 Å². The molecule has 3 nitrogen and oxygen atoms in total. The first-order valence-corrected chi connectivity index (χ1v) is 5.56. The smallest absolute Gasteiger partial charge is 0.333 e. The minimum absolute atomic E-state index is 0.00309. The molecule has 1 saturated heterocycles. The fourth-order valence-electron chi connectivity index (χ4n) is 1.88. The Morgan fingerprint density at radius 3 is 2.53 bits per heavy atom. The van der Waals surface area contributed by atoms with E-state index in [1.807, 2.05) is 0 Å². The van der Waals surface area contributed by atoms with Gasteiger partial charge in [0, 0.05) is 25.3 Å². The van der Waals surface area contributed by atoms with E-state index < -0.39 is 18.6 Å². The second-order valence-corrected chi connectivity index (χ2v) is 4.78. The van der Waals surface area contributed by atoms with Crippen molar-refractivity contribution in [3.8, 4) is 0 Å². The maximum absolute atomic E-state index is 12.1. The van der Waals surface area contributed by atoms with Crippen molar-refractivity contribution >= 4 is 11.7 Å². The van der Waals surface area contributed by atoms with Gasteiger partial charge in [-0.3, -0.25) is 9.59 Å². The first-order chi connectivity index (χ1) is 7.69. The van der Waals surface area contributed by atoms with Gasteiger partial charge in [0.15, 0.2) is 0 Å². The Morgan fingerprint density at radius 1 is 1.47 bits per heavy atom. The molecule has 0 bridgehead atoms. The molecule has 1 fully saturated rings. The van der Waals surface area contributed by atoms with Crippen molar-refractivity contribution < 1.29 is 22.8 Å². The lowest BCUT2D eigenvalue weighted by Gasteiger charge is -2.18. The fourth-order valence-corrected chi connectivity index (χ4v) is 1.88. The molecule has 0 saturated carbocycles. The van der Waals surface area contributed by atoms with Crippen molar-refractivity contribution in [2.45, 2.75) is 32.9 Å². The molecule has 0 aromatic heterocycles. The lowest BCUT2D eigenvalue weighted by atomic mass is 9.96. The van der Waals surface area contributed by atoms with Gasteiger partial charge in [0.2, 0.25) is 5.91 Å². The number of hydrogen-bond donors (Lipinski definition) is 0. The van der Waals surface area contributed by atoms with Crippen LogP contribution in [-0.2, 0) is 9.59 Å². The fraction of sp³-hybridized carbons (Fsp3) is 0.818. The lowest BCUT2D eigenvalue weighted by Crippen LogP contribution is -2.35. The molecule has 6 heteroatoms. The minimum atomic E-state index is -4.37. The van der Waals surface area contributed by atoms with Crippen LogP contribution in [0.4, 0.5) is 13.2 Å². The number of amides is 1. The van der Waals surface area contributed by atoms with Crippen LogP contribution in [0.5, 0.6) is 0 Å². The molecule has 98 valence electrons. The molecular formula is C11H16F3NO2. The van der Waals surface area contributed by atoms with Crippen LogP contribution in [0.25, 0.3) is 0 Å². The van der Waals surface area contributed by atoms with E-state index in [0.717, 1.165) is 4.90 Å². The summed E-state index contributed by atoms with van der Waals surface area (Å²) in [4.78, 5) is 23.6. The average Bonchev–Trinajstić information content (AvgIpc) is 2.43. The van der Waals surface area contributed by atoms with Crippen LogP contribution in [0.2, 0.25) is 0 Å². The van der Waals surface area contributed by atoms with Crippen LogP contribution in [0.15, 0.2) is 0 Å². The van der Waals surface area contributed by atoms with Crippen molar-refractivity contribution in [3.63, 3.8) is 0 Å². The molecule has 0 aliphatic carbocycles. The largest absolute Gasteiger partial charge is 0.406 e. The number of hydrogen-bond acceptors (Lipinski definition) is 2. The van der Waals surface area contributed by atoms with Crippen LogP contribution < -0.4 is 0 Å². The van der Waals surface area contributed by atoms with Crippen molar-refractivity contribution in [1.29, 1.82) is 0 Å². The highest BCUT2D eigenvalue weighted by Gasteiger charge is 2.38. The van der Waals surface area contributed by atoms with Gasteiger partial charge in [-0.05, 0) is 5.92 Å². The van der Waals surface area contributed by atoms with Crippen LogP contribution in [0.3, 0.4) is 0 Å². The molecule has 1 rings (SSSR count). The first kappa shape index (κ1) is 14.0. The standard InChI is InChI=1S/C11H16F3NO2/c1-7(2)9(16)3-8-4-10(17)15(5-8)6-11(12,13)14/h7-8H,3-6H2,1-2H3/t8-/m0/s1. The maximum Gasteiger partial charge on any atom is 0.406 e. The summed E-state index contributed by atoms with van der Waals surface area (Å²) in [5.41, 5.74) is 0. The predicted molar refractivity (Wildman–Crippen MR) is 55.2 cm³/mol. The highest BCUT2D eigenvalue weighted by atomic mass is 19.4. The van der Waals surface area contributed by atoms with E-state index in [4.69, 9.17) is 0 Å². The second kappa shape index (κ2) is 5.06. The van der Waals surface area contributed by atoms with Gasteiger partial charge in [-0.15, -0.1) is 0 Å². The molecule has 1 heterocycles. The zero-order valence-electron chi connectivity index (χ0n) is 9.88. The summed E-state index contributed by atoms with van der Waals surface area (Å²) in [5.74, 6) is -0.915. The summed E-state index contributed by atoms with van der Waals surface area (Å²) in [6, 6.07) is 0. The molecule has 0 spiro atoms. The minimum Gasteiger partial charge on any atom is -0.333 e. The second-order valence-electron chi connectivity index (χ2n) is 4.78. The quantitative estimate of drug-likeness (QED) is 0.766. The third-order valence-corrected chi connectivity index (χ3v) is 2.80. The molecular weight excluding hydrogens is 235 g/mol. The summed E-state index contributed by atoms with van der Waals surface area (Å²) in [6.45, 7) is 2.31. The number of nitrogens with zero attached hydrogens (tertiary/aromatic N) is 1. The molecule has 1 aliphatic heterocycles. The topological polar surface area (TPSA) is 37.4 Å². The average molecular weight is 251 g/mol. The van der Waals surface area contributed by atoms with Crippen molar-refractivity contribution in [1.82, 2.24) is 4.90 Å². The Labute approximate surface area is 98.0 Å². The Morgan fingerprint density at radius 2 is 2.06 bits per heavy atom. The number of rotatable bonds is 4.